The second-order valence-electron chi connectivity index (χ2n) is 9.27. The molecule has 2 aliphatic rings. The number of carbonyl (C=O) groups is 2. The van der Waals surface area contributed by atoms with E-state index in [4.69, 9.17) is 0 Å². The molecule has 2 aromatic heterocycles. The van der Waals surface area contributed by atoms with E-state index in [1.54, 1.807) is 18.3 Å². The van der Waals surface area contributed by atoms with Crippen molar-refractivity contribution in [2.24, 2.45) is 0 Å². The maximum absolute atomic E-state index is 13.3. The van der Waals surface area contributed by atoms with Gasteiger partial charge in [-0.1, -0.05) is 49.6 Å². The van der Waals surface area contributed by atoms with Crippen molar-refractivity contribution in [3.8, 4) is 11.3 Å². The number of carbonyl (C=O) groups excluding carboxylic acids is 1. The van der Waals surface area contributed by atoms with Crippen molar-refractivity contribution in [2.75, 3.05) is 5.32 Å². The standard InChI is InChI=1S/C28H25N3O3S/c32-26(30-28-29-12-13-35-28)20-14-18-8-4-5-9-21(18)25-24(17-6-2-1-3-7-17)22-11-10-19(27(33)34)15-23(22)31(25)16-20/h4-5,8-15,17H,1-3,6-7,16H2,(H,33,34)(H,29,30,32). The average molecular weight is 484 g/mol. The molecule has 2 N–H and O–H groups in total. The number of fused-ring (bicyclic) bond motifs is 5. The Balaban J connectivity index is 1.59. The summed E-state index contributed by atoms with van der Waals surface area (Å²) in [5.74, 6) is -0.733. The van der Waals surface area contributed by atoms with E-state index < -0.39 is 5.97 Å². The molecule has 35 heavy (non-hydrogen) atoms. The van der Waals surface area contributed by atoms with Gasteiger partial charge in [0.25, 0.3) is 5.91 Å². The van der Waals surface area contributed by atoms with E-state index in [0.29, 0.717) is 23.2 Å². The lowest BCUT2D eigenvalue weighted by molar-refractivity contribution is -0.113. The monoisotopic (exact) mass is 483 g/mol. The third kappa shape index (κ3) is 3.86. The van der Waals surface area contributed by atoms with Gasteiger partial charge in [-0.25, -0.2) is 9.78 Å². The molecule has 1 amide bonds. The summed E-state index contributed by atoms with van der Waals surface area (Å²) in [6.07, 6.45) is 9.53. The molecule has 176 valence electrons. The van der Waals surface area contributed by atoms with Crippen LogP contribution in [-0.4, -0.2) is 26.5 Å². The van der Waals surface area contributed by atoms with Gasteiger partial charge in [0.2, 0.25) is 0 Å². The average Bonchev–Trinajstić information content (AvgIpc) is 3.45. The molecule has 0 spiro atoms. The van der Waals surface area contributed by atoms with Crippen LogP contribution in [0.1, 0.15) is 59.5 Å². The number of aromatic nitrogens is 2. The van der Waals surface area contributed by atoms with Gasteiger partial charge < -0.3 is 9.67 Å². The van der Waals surface area contributed by atoms with E-state index in [0.717, 1.165) is 40.6 Å². The maximum atomic E-state index is 13.3. The number of aromatic carboxylic acids is 1. The minimum atomic E-state index is -0.951. The summed E-state index contributed by atoms with van der Waals surface area (Å²) in [6.45, 7) is 0.355. The number of carboxylic acids is 1. The minimum Gasteiger partial charge on any atom is -0.478 e. The SMILES string of the molecule is O=C(Nc1nccs1)C1=Cc2ccccc2-c2c(C3CCCCC3)c3ccc(C(=O)O)cc3n2C1. The number of amides is 1. The van der Waals surface area contributed by atoms with Gasteiger partial charge in [0.05, 0.1) is 17.8 Å². The Hall–Kier alpha value is -3.71. The van der Waals surface area contributed by atoms with Crippen LogP contribution in [0, 0.1) is 0 Å². The van der Waals surface area contributed by atoms with E-state index in [2.05, 4.69) is 20.9 Å². The van der Waals surface area contributed by atoms with Crippen molar-refractivity contribution in [1.82, 2.24) is 9.55 Å². The number of rotatable bonds is 4. The lowest BCUT2D eigenvalue weighted by Crippen LogP contribution is -2.18. The highest BCUT2D eigenvalue weighted by Gasteiger charge is 2.30. The summed E-state index contributed by atoms with van der Waals surface area (Å²) in [7, 11) is 0. The number of anilines is 1. The largest absolute Gasteiger partial charge is 0.478 e. The second-order valence-corrected chi connectivity index (χ2v) is 10.2. The van der Waals surface area contributed by atoms with Crippen LogP contribution in [0.2, 0.25) is 0 Å². The fraction of sp³-hybridized carbons (Fsp3) is 0.250. The van der Waals surface area contributed by atoms with Crippen LogP contribution in [-0.2, 0) is 11.3 Å². The van der Waals surface area contributed by atoms with Crippen LogP contribution in [0.5, 0.6) is 0 Å². The molecule has 0 radical (unpaired) electrons. The lowest BCUT2D eigenvalue weighted by Gasteiger charge is -2.24. The van der Waals surface area contributed by atoms with E-state index in [1.807, 2.05) is 35.7 Å². The summed E-state index contributed by atoms with van der Waals surface area (Å²) in [6, 6.07) is 13.6. The Morgan fingerprint density at radius 3 is 2.69 bits per heavy atom. The van der Waals surface area contributed by atoms with Crippen LogP contribution in [0.25, 0.3) is 28.2 Å². The van der Waals surface area contributed by atoms with Crippen LogP contribution in [0.15, 0.2) is 59.6 Å². The van der Waals surface area contributed by atoms with E-state index in [-0.39, 0.29) is 11.5 Å². The molecule has 0 bridgehead atoms. The highest BCUT2D eigenvalue weighted by Crippen LogP contribution is 2.46. The zero-order chi connectivity index (χ0) is 23.9. The number of hydrogen-bond acceptors (Lipinski definition) is 4. The number of nitrogens with one attached hydrogen (secondary N) is 1. The topological polar surface area (TPSA) is 84.2 Å². The van der Waals surface area contributed by atoms with Gasteiger partial charge in [-0.2, -0.15) is 0 Å². The normalized spacial score (nSPS) is 15.7. The Labute approximate surface area is 206 Å². The molecule has 0 saturated heterocycles. The predicted molar refractivity (Wildman–Crippen MR) is 139 cm³/mol. The number of nitrogens with zero attached hydrogens (tertiary/aromatic N) is 2. The molecule has 4 aromatic rings. The fourth-order valence-corrected chi connectivity index (χ4v) is 6.13. The van der Waals surface area contributed by atoms with Gasteiger partial charge in [-0.3, -0.25) is 10.1 Å². The van der Waals surface area contributed by atoms with Gasteiger partial charge in [0.1, 0.15) is 0 Å². The van der Waals surface area contributed by atoms with Crippen molar-refractivity contribution in [3.05, 3.63) is 76.3 Å². The van der Waals surface area contributed by atoms with Crippen molar-refractivity contribution in [1.29, 1.82) is 0 Å². The molecule has 6 rings (SSSR count). The Bertz CT molecular complexity index is 1480. The molecule has 6 nitrogen and oxygen atoms in total. The predicted octanol–water partition coefficient (Wildman–Crippen LogP) is 6.55. The van der Waals surface area contributed by atoms with Crippen LogP contribution >= 0.6 is 11.3 Å². The molecule has 3 heterocycles. The molecule has 0 unspecified atom stereocenters. The first kappa shape index (κ1) is 21.8. The molecule has 0 atom stereocenters. The van der Waals surface area contributed by atoms with E-state index in [1.165, 1.54) is 36.2 Å². The molecular weight excluding hydrogens is 458 g/mol. The maximum Gasteiger partial charge on any atom is 0.335 e. The van der Waals surface area contributed by atoms with Crippen LogP contribution in [0.3, 0.4) is 0 Å². The number of carboxylic acid groups (broad SMARTS) is 1. The van der Waals surface area contributed by atoms with Gasteiger partial charge in [0, 0.05) is 33.6 Å². The smallest absolute Gasteiger partial charge is 0.335 e. The van der Waals surface area contributed by atoms with Crippen LogP contribution in [0.4, 0.5) is 5.13 Å². The number of benzene rings is 2. The minimum absolute atomic E-state index is 0.196. The second kappa shape index (κ2) is 8.82. The first-order chi connectivity index (χ1) is 17.1. The van der Waals surface area contributed by atoms with Gasteiger partial charge in [-0.15, -0.1) is 11.3 Å². The fourth-order valence-electron chi connectivity index (χ4n) is 5.61. The summed E-state index contributed by atoms with van der Waals surface area (Å²) >= 11 is 1.38. The third-order valence-electron chi connectivity index (χ3n) is 7.18. The Morgan fingerprint density at radius 1 is 1.09 bits per heavy atom. The molecular formula is C28H25N3O3S. The Kier molecular flexibility index (Phi) is 5.49. The van der Waals surface area contributed by atoms with Gasteiger partial charge in [-0.05, 0) is 48.1 Å². The van der Waals surface area contributed by atoms with E-state index in [9.17, 15) is 14.7 Å². The number of hydrogen-bond donors (Lipinski definition) is 2. The molecule has 7 heteroatoms. The summed E-state index contributed by atoms with van der Waals surface area (Å²) < 4.78 is 2.16. The van der Waals surface area contributed by atoms with Crippen molar-refractivity contribution in [3.63, 3.8) is 0 Å². The molecule has 1 fully saturated rings. The van der Waals surface area contributed by atoms with Gasteiger partial charge in [0.15, 0.2) is 5.13 Å². The molecule has 1 saturated carbocycles. The molecule has 1 aliphatic heterocycles. The zero-order valence-electron chi connectivity index (χ0n) is 19.2. The highest BCUT2D eigenvalue weighted by atomic mass is 32.1. The molecule has 1 aliphatic carbocycles. The lowest BCUT2D eigenvalue weighted by atomic mass is 9.81. The van der Waals surface area contributed by atoms with E-state index >= 15 is 0 Å². The van der Waals surface area contributed by atoms with Crippen LogP contribution < -0.4 is 5.32 Å². The molecule has 2 aromatic carbocycles. The Morgan fingerprint density at radius 2 is 1.91 bits per heavy atom. The third-order valence-corrected chi connectivity index (χ3v) is 7.87. The quantitative estimate of drug-likeness (QED) is 0.345. The highest BCUT2D eigenvalue weighted by molar-refractivity contribution is 7.13. The summed E-state index contributed by atoms with van der Waals surface area (Å²) in [4.78, 5) is 29.4. The zero-order valence-corrected chi connectivity index (χ0v) is 20.0. The van der Waals surface area contributed by atoms with Gasteiger partial charge >= 0.3 is 5.97 Å². The first-order valence-electron chi connectivity index (χ1n) is 12.0. The van der Waals surface area contributed by atoms with Crippen molar-refractivity contribution >= 4 is 45.3 Å². The first-order valence-corrected chi connectivity index (χ1v) is 12.9. The number of thiazole rings is 1. The summed E-state index contributed by atoms with van der Waals surface area (Å²) in [5.41, 5.74) is 6.21. The van der Waals surface area contributed by atoms with Crippen molar-refractivity contribution < 1.29 is 14.7 Å². The summed E-state index contributed by atoms with van der Waals surface area (Å²) in [5, 5.41) is 16.1. The van der Waals surface area contributed by atoms with Crippen molar-refractivity contribution in [2.45, 2.75) is 44.6 Å².